The fourth-order valence-corrected chi connectivity index (χ4v) is 5.87. The molecule has 256 valence electrons. The maximum absolute atomic E-state index is 11.3. The second-order valence-corrected chi connectivity index (χ2v) is 11.7. The van der Waals surface area contributed by atoms with Gasteiger partial charge in [-0.2, -0.15) is 0 Å². The van der Waals surface area contributed by atoms with Gasteiger partial charge in [-0.1, -0.05) is 73.8 Å². The number of fused-ring (bicyclic) bond motifs is 3. The molecule has 0 unspecified atom stereocenters. The van der Waals surface area contributed by atoms with Gasteiger partial charge in [0.05, 0.1) is 26.4 Å². The van der Waals surface area contributed by atoms with Crippen LogP contribution < -0.4 is 14.4 Å². The molecular formula is C44H39NO6. The third-order valence-corrected chi connectivity index (χ3v) is 8.33. The lowest BCUT2D eigenvalue weighted by Gasteiger charge is -2.26. The predicted molar refractivity (Wildman–Crippen MR) is 204 cm³/mol. The molecule has 0 atom stereocenters. The molecule has 0 saturated carbocycles. The van der Waals surface area contributed by atoms with Gasteiger partial charge in [-0.25, -0.2) is 9.59 Å². The van der Waals surface area contributed by atoms with Crippen LogP contribution in [0.1, 0.15) is 12.8 Å². The van der Waals surface area contributed by atoms with E-state index >= 15 is 0 Å². The van der Waals surface area contributed by atoms with Crippen LogP contribution in [-0.4, -0.2) is 38.4 Å². The molecule has 0 saturated heterocycles. The molecule has 7 nitrogen and oxygen atoms in total. The lowest BCUT2D eigenvalue weighted by atomic mass is 9.93. The van der Waals surface area contributed by atoms with E-state index in [0.717, 1.165) is 46.3 Å². The van der Waals surface area contributed by atoms with E-state index in [-0.39, 0.29) is 13.2 Å². The Hall–Kier alpha value is -6.34. The summed E-state index contributed by atoms with van der Waals surface area (Å²) in [7, 11) is 0. The fraction of sp³-hybridized carbons (Fsp3) is 0.136. The smallest absolute Gasteiger partial charge is 0.330 e. The van der Waals surface area contributed by atoms with Crippen molar-refractivity contribution < 1.29 is 28.5 Å². The second-order valence-electron chi connectivity index (χ2n) is 11.7. The van der Waals surface area contributed by atoms with Gasteiger partial charge in [0.1, 0.15) is 11.5 Å². The van der Waals surface area contributed by atoms with Crippen LogP contribution in [0, 0.1) is 0 Å². The van der Waals surface area contributed by atoms with Crippen molar-refractivity contribution >= 4 is 50.5 Å². The number of benzene rings is 6. The molecule has 0 aliphatic carbocycles. The summed E-state index contributed by atoms with van der Waals surface area (Å²) in [6, 6.07) is 43.8. The van der Waals surface area contributed by atoms with Crippen LogP contribution in [0.2, 0.25) is 0 Å². The molecule has 0 spiro atoms. The lowest BCUT2D eigenvalue weighted by Crippen LogP contribution is -2.10. The first-order valence-electron chi connectivity index (χ1n) is 16.9. The Morgan fingerprint density at radius 2 is 0.980 bits per heavy atom. The molecule has 0 aromatic heterocycles. The van der Waals surface area contributed by atoms with Crippen LogP contribution >= 0.6 is 0 Å². The largest absolute Gasteiger partial charge is 0.493 e. The second kappa shape index (κ2) is 16.9. The molecule has 0 aliphatic rings. The van der Waals surface area contributed by atoms with Crippen molar-refractivity contribution in [1.82, 2.24) is 0 Å². The highest BCUT2D eigenvalue weighted by Gasteiger charge is 2.15. The van der Waals surface area contributed by atoms with E-state index in [1.54, 1.807) is 0 Å². The van der Waals surface area contributed by atoms with Gasteiger partial charge < -0.3 is 23.8 Å². The van der Waals surface area contributed by atoms with E-state index in [9.17, 15) is 9.59 Å². The molecule has 6 aromatic carbocycles. The highest BCUT2D eigenvalue weighted by molar-refractivity contribution is 6.13. The van der Waals surface area contributed by atoms with Crippen molar-refractivity contribution in [1.29, 1.82) is 0 Å². The van der Waals surface area contributed by atoms with Crippen LogP contribution in [-0.2, 0) is 19.1 Å². The van der Waals surface area contributed by atoms with Crippen LogP contribution in [0.25, 0.3) is 32.7 Å². The highest BCUT2D eigenvalue weighted by Crippen LogP contribution is 2.39. The molecule has 0 amide bonds. The highest BCUT2D eigenvalue weighted by atomic mass is 16.5. The van der Waals surface area contributed by atoms with Crippen molar-refractivity contribution in [2.75, 3.05) is 31.3 Å². The monoisotopic (exact) mass is 677 g/mol. The first-order chi connectivity index (χ1) is 25.0. The molecule has 51 heavy (non-hydrogen) atoms. The number of carbonyl (C=O) groups is 2. The lowest BCUT2D eigenvalue weighted by molar-refractivity contribution is -0.138. The summed E-state index contributed by atoms with van der Waals surface area (Å²) in [6.07, 6.45) is 3.44. The Labute approximate surface area is 298 Å². The van der Waals surface area contributed by atoms with Gasteiger partial charge in [0.15, 0.2) is 0 Å². The average molecular weight is 678 g/mol. The van der Waals surface area contributed by atoms with Gasteiger partial charge in [0.2, 0.25) is 0 Å². The van der Waals surface area contributed by atoms with Gasteiger partial charge in [0, 0.05) is 42.1 Å². The quantitative estimate of drug-likeness (QED) is 0.0437. The third-order valence-electron chi connectivity index (χ3n) is 8.33. The molecule has 0 radical (unpaired) electrons. The number of nitrogens with zero attached hydrogens (tertiary/aromatic N) is 1. The van der Waals surface area contributed by atoms with E-state index in [1.165, 1.54) is 27.1 Å². The predicted octanol–water partition coefficient (Wildman–Crippen LogP) is 10.1. The zero-order chi connectivity index (χ0) is 35.4. The van der Waals surface area contributed by atoms with Crippen LogP contribution in [0.15, 0.2) is 153 Å². The van der Waals surface area contributed by atoms with Gasteiger partial charge in [-0.3, -0.25) is 0 Å². The Kier molecular flexibility index (Phi) is 11.4. The van der Waals surface area contributed by atoms with Gasteiger partial charge >= 0.3 is 11.9 Å². The zero-order valence-electron chi connectivity index (χ0n) is 28.3. The van der Waals surface area contributed by atoms with E-state index < -0.39 is 11.9 Å². The Morgan fingerprint density at radius 3 is 1.49 bits per heavy atom. The number of anilines is 3. The number of hydrogen-bond acceptors (Lipinski definition) is 7. The van der Waals surface area contributed by atoms with Crippen LogP contribution in [0.3, 0.4) is 0 Å². The fourth-order valence-electron chi connectivity index (χ4n) is 5.87. The molecular weight excluding hydrogens is 638 g/mol. The maximum atomic E-state index is 11.3. The van der Waals surface area contributed by atoms with Crippen molar-refractivity contribution in [3.8, 4) is 22.6 Å². The number of rotatable bonds is 16. The Morgan fingerprint density at radius 1 is 0.529 bits per heavy atom. The molecule has 6 aromatic rings. The molecule has 0 heterocycles. The summed E-state index contributed by atoms with van der Waals surface area (Å²) in [5.74, 6) is 0.554. The summed E-state index contributed by atoms with van der Waals surface area (Å²) in [5, 5.41) is 4.89. The van der Waals surface area contributed by atoms with Crippen molar-refractivity contribution in [2.24, 2.45) is 0 Å². The summed E-state index contributed by atoms with van der Waals surface area (Å²) in [4.78, 5) is 24.7. The average Bonchev–Trinajstić information content (AvgIpc) is 3.18. The Balaban J connectivity index is 1.24. The van der Waals surface area contributed by atoms with E-state index in [0.29, 0.717) is 26.1 Å². The molecule has 0 N–H and O–H groups in total. The Bertz CT molecular complexity index is 2050. The molecule has 0 fully saturated rings. The first kappa shape index (κ1) is 34.5. The minimum Gasteiger partial charge on any atom is -0.493 e. The standard InChI is InChI=1S/C44H39NO6/c1-3-43(46)50-29-9-27-48-37-23-19-35(20-24-37)45(36-21-25-38(26-22-36)49-28-10-30-51-44(47)4-2)34-17-15-32(16-18-34)42-31-33-11-5-6-12-39(33)40-13-7-8-14-41(40)42/h3-8,11-26,31H,1-2,9-10,27-30H2. The number of hydrogen-bond donors (Lipinski definition) is 0. The number of esters is 2. The summed E-state index contributed by atoms with van der Waals surface area (Å²) >= 11 is 0. The van der Waals surface area contributed by atoms with Crippen molar-refractivity contribution in [3.63, 3.8) is 0 Å². The molecule has 7 heteroatoms. The minimum absolute atomic E-state index is 0.268. The summed E-state index contributed by atoms with van der Waals surface area (Å²) < 4.78 is 21.9. The van der Waals surface area contributed by atoms with Crippen molar-refractivity contribution in [2.45, 2.75) is 12.8 Å². The van der Waals surface area contributed by atoms with E-state index in [4.69, 9.17) is 18.9 Å². The topological polar surface area (TPSA) is 74.3 Å². The molecule has 0 bridgehead atoms. The summed E-state index contributed by atoms with van der Waals surface area (Å²) in [6.45, 7) is 8.18. The van der Waals surface area contributed by atoms with Gasteiger partial charge in [0.25, 0.3) is 0 Å². The SMILES string of the molecule is C=CC(=O)OCCCOc1ccc(N(c2ccc(OCCCOC(=O)C=C)cc2)c2ccc(-c3cc4ccccc4c4ccccc34)cc2)cc1. The molecule has 6 rings (SSSR count). The summed E-state index contributed by atoms with van der Waals surface area (Å²) in [5.41, 5.74) is 5.20. The maximum Gasteiger partial charge on any atom is 0.330 e. The molecule has 0 aliphatic heterocycles. The van der Waals surface area contributed by atoms with Crippen molar-refractivity contribution in [3.05, 3.63) is 153 Å². The van der Waals surface area contributed by atoms with Gasteiger partial charge in [-0.15, -0.1) is 0 Å². The minimum atomic E-state index is -0.441. The normalized spacial score (nSPS) is 10.7. The van der Waals surface area contributed by atoms with E-state index in [1.807, 2.05) is 48.5 Å². The third kappa shape index (κ3) is 8.64. The van der Waals surface area contributed by atoms with Crippen LogP contribution in [0.4, 0.5) is 17.1 Å². The number of ether oxygens (including phenoxy) is 4. The number of carbonyl (C=O) groups excluding carboxylic acids is 2. The van der Waals surface area contributed by atoms with Crippen LogP contribution in [0.5, 0.6) is 11.5 Å². The zero-order valence-corrected chi connectivity index (χ0v) is 28.3. The van der Waals surface area contributed by atoms with Gasteiger partial charge in [-0.05, 0) is 99.4 Å². The van der Waals surface area contributed by atoms with E-state index in [2.05, 4.69) is 96.9 Å². The first-order valence-corrected chi connectivity index (χ1v) is 16.9.